The minimum atomic E-state index is -0.880. The van der Waals surface area contributed by atoms with E-state index in [2.05, 4.69) is 0 Å². The van der Waals surface area contributed by atoms with Gasteiger partial charge in [0, 0.05) is 33.0 Å². The van der Waals surface area contributed by atoms with Gasteiger partial charge in [0.15, 0.2) is 0 Å². The Hall–Kier alpha value is -2.22. The molecule has 108 valence electrons. The van der Waals surface area contributed by atoms with E-state index in [0.29, 0.717) is 0 Å². The average Bonchev–Trinajstić information content (AvgIpc) is 2.91. The molecule has 1 aliphatic rings. The topological polar surface area (TPSA) is 91.6 Å². The molecule has 1 aromatic heterocycles. The van der Waals surface area contributed by atoms with Crippen LogP contribution in [0.2, 0.25) is 0 Å². The smallest absolute Gasteiger partial charge is 0.309 e. The number of rotatable bonds is 3. The Balaban J connectivity index is 2.58. The van der Waals surface area contributed by atoms with Crippen LogP contribution < -0.4 is 16.1 Å². The van der Waals surface area contributed by atoms with Crippen molar-refractivity contribution in [2.45, 2.75) is 12.8 Å². The van der Waals surface area contributed by atoms with Gasteiger partial charge in [0.1, 0.15) is 5.69 Å². The zero-order valence-corrected chi connectivity index (χ0v) is 11.5. The highest BCUT2D eigenvalue weighted by Gasteiger charge is 2.24. The molecular formula is C12H17N4O4+. The maximum atomic E-state index is 11.9. The minimum Gasteiger partial charge on any atom is -0.309 e. The highest BCUT2D eigenvalue weighted by Crippen LogP contribution is 2.11. The highest BCUT2D eigenvalue weighted by atomic mass is 16.6. The van der Waals surface area contributed by atoms with Crippen molar-refractivity contribution in [2.75, 3.05) is 13.1 Å². The van der Waals surface area contributed by atoms with Gasteiger partial charge in [0.2, 0.25) is 0 Å². The lowest BCUT2D eigenvalue weighted by atomic mass is 10.3. The van der Waals surface area contributed by atoms with Crippen LogP contribution in [0.5, 0.6) is 0 Å². The Morgan fingerprint density at radius 1 is 1.20 bits per heavy atom. The number of hydrogen-bond donors (Lipinski definition) is 1. The van der Waals surface area contributed by atoms with Crippen molar-refractivity contribution in [1.82, 2.24) is 9.13 Å². The first-order valence-electron chi connectivity index (χ1n) is 6.40. The summed E-state index contributed by atoms with van der Waals surface area (Å²) in [5.41, 5.74) is -1.97. The first-order valence-corrected chi connectivity index (χ1v) is 6.40. The van der Waals surface area contributed by atoms with Crippen molar-refractivity contribution in [1.29, 1.82) is 0 Å². The summed E-state index contributed by atoms with van der Waals surface area (Å²) in [5, 5.41) is 11.1. The predicted octanol–water partition coefficient (Wildman–Crippen LogP) is -1.36. The molecule has 0 amide bonds. The quantitative estimate of drug-likeness (QED) is 0.547. The van der Waals surface area contributed by atoms with Crippen LogP contribution in [-0.2, 0) is 14.1 Å². The van der Waals surface area contributed by atoms with Gasteiger partial charge in [-0.2, -0.15) is 0 Å². The van der Waals surface area contributed by atoms with Gasteiger partial charge in [0.05, 0.1) is 24.2 Å². The Kier molecular flexibility index (Phi) is 3.84. The second kappa shape index (κ2) is 5.41. The predicted molar refractivity (Wildman–Crippen MR) is 72.5 cm³/mol. The minimum absolute atomic E-state index is 0.0440. The monoisotopic (exact) mass is 281 g/mol. The molecule has 0 radical (unpaired) electrons. The molecule has 1 saturated heterocycles. The molecular weight excluding hydrogens is 264 g/mol. The summed E-state index contributed by atoms with van der Waals surface area (Å²) in [4.78, 5) is 35.3. The van der Waals surface area contributed by atoms with Gasteiger partial charge in [-0.05, 0) is 0 Å². The van der Waals surface area contributed by atoms with Crippen LogP contribution >= 0.6 is 0 Å². The summed E-state index contributed by atoms with van der Waals surface area (Å²) in [6.07, 6.45) is 5.50. The third kappa shape index (κ3) is 2.42. The van der Waals surface area contributed by atoms with Crippen LogP contribution in [0.4, 0.5) is 5.69 Å². The van der Waals surface area contributed by atoms with Crippen LogP contribution in [0.25, 0.3) is 6.08 Å². The Morgan fingerprint density at radius 2 is 1.80 bits per heavy atom. The molecule has 2 rings (SSSR count). The van der Waals surface area contributed by atoms with Crippen molar-refractivity contribution in [2.24, 2.45) is 14.1 Å². The fraction of sp³-hybridized carbons (Fsp3) is 0.500. The molecule has 8 nitrogen and oxygen atoms in total. The average molecular weight is 281 g/mol. The summed E-state index contributed by atoms with van der Waals surface area (Å²) in [5.74, 6) is 0. The number of aromatic nitrogens is 2. The second-order valence-electron chi connectivity index (χ2n) is 4.90. The van der Waals surface area contributed by atoms with Crippen molar-refractivity contribution >= 4 is 11.8 Å². The zero-order valence-electron chi connectivity index (χ0n) is 11.5. The summed E-state index contributed by atoms with van der Waals surface area (Å²) < 4.78 is 1.88. The van der Waals surface area contributed by atoms with E-state index in [4.69, 9.17) is 0 Å². The summed E-state index contributed by atoms with van der Waals surface area (Å²) in [7, 11) is 2.66. The van der Waals surface area contributed by atoms with Gasteiger partial charge in [0.25, 0.3) is 0 Å². The molecule has 1 fully saturated rings. The van der Waals surface area contributed by atoms with E-state index >= 15 is 0 Å². The number of nitrogens with zero attached hydrogens (tertiary/aromatic N) is 3. The Labute approximate surface area is 114 Å². The first-order chi connectivity index (χ1) is 9.43. The Morgan fingerprint density at radius 3 is 2.35 bits per heavy atom. The zero-order chi connectivity index (χ0) is 14.9. The summed E-state index contributed by atoms with van der Waals surface area (Å²) >= 11 is 0. The molecule has 2 heterocycles. The maximum Gasteiger partial charge on any atom is 0.357 e. The third-order valence-corrected chi connectivity index (χ3v) is 3.59. The van der Waals surface area contributed by atoms with Gasteiger partial charge < -0.3 is 4.90 Å². The maximum absolute atomic E-state index is 11.9. The van der Waals surface area contributed by atoms with Crippen LogP contribution in [0.3, 0.4) is 0 Å². The lowest BCUT2D eigenvalue weighted by Crippen LogP contribution is -3.05. The fourth-order valence-electron chi connectivity index (χ4n) is 2.40. The van der Waals surface area contributed by atoms with Crippen molar-refractivity contribution in [3.63, 3.8) is 0 Å². The molecule has 0 atom stereocenters. The van der Waals surface area contributed by atoms with E-state index < -0.39 is 21.9 Å². The second-order valence-corrected chi connectivity index (χ2v) is 4.90. The molecule has 0 aromatic carbocycles. The fourth-order valence-corrected chi connectivity index (χ4v) is 2.40. The number of quaternary nitrogens is 1. The standard InChI is InChI=1S/C12H16N4O4/c1-13-9(5-8-15-6-3-4-7-15)10(16(19)20)11(17)14(2)12(13)18/h5,8H,3-4,6-7H2,1-2H3/p+1/b8-5+. The molecule has 0 unspecified atom stereocenters. The van der Waals surface area contributed by atoms with Crippen LogP contribution in [0, 0.1) is 10.1 Å². The van der Waals surface area contributed by atoms with E-state index in [-0.39, 0.29) is 5.69 Å². The summed E-state index contributed by atoms with van der Waals surface area (Å²) in [6.45, 7) is 1.92. The van der Waals surface area contributed by atoms with E-state index in [0.717, 1.165) is 35.1 Å². The molecule has 0 aliphatic carbocycles. The lowest BCUT2D eigenvalue weighted by molar-refractivity contribution is -0.831. The Bertz CT molecular complexity index is 680. The molecule has 0 spiro atoms. The van der Waals surface area contributed by atoms with Gasteiger partial charge in [-0.15, -0.1) is 0 Å². The normalized spacial score (nSPS) is 16.1. The van der Waals surface area contributed by atoms with E-state index in [1.165, 1.54) is 25.1 Å². The SMILES string of the molecule is Cn1c(/C=C/[NH+]2CCCC2)c([N+](=O)[O-])c(=O)n(C)c1=O. The van der Waals surface area contributed by atoms with Gasteiger partial charge in [-0.3, -0.25) is 24.0 Å². The van der Waals surface area contributed by atoms with Gasteiger partial charge in [-0.25, -0.2) is 4.79 Å². The molecule has 1 aromatic rings. The van der Waals surface area contributed by atoms with E-state index in [1.807, 2.05) is 0 Å². The number of nitrogens with one attached hydrogen (secondary N) is 1. The van der Waals surface area contributed by atoms with Crippen molar-refractivity contribution < 1.29 is 9.82 Å². The molecule has 20 heavy (non-hydrogen) atoms. The number of nitro groups is 1. The lowest BCUT2D eigenvalue weighted by Gasteiger charge is -2.08. The van der Waals surface area contributed by atoms with E-state index in [9.17, 15) is 19.7 Å². The largest absolute Gasteiger partial charge is 0.357 e. The number of hydrogen-bond acceptors (Lipinski definition) is 4. The van der Waals surface area contributed by atoms with E-state index in [1.54, 1.807) is 6.20 Å². The van der Waals surface area contributed by atoms with Gasteiger partial charge >= 0.3 is 16.9 Å². The molecule has 0 bridgehead atoms. The van der Waals surface area contributed by atoms with Crippen LogP contribution in [-0.4, -0.2) is 27.1 Å². The summed E-state index contributed by atoms with van der Waals surface area (Å²) in [6, 6.07) is 0. The van der Waals surface area contributed by atoms with Crippen LogP contribution in [0.1, 0.15) is 18.5 Å². The molecule has 0 saturated carbocycles. The first kappa shape index (κ1) is 14.2. The van der Waals surface area contributed by atoms with Gasteiger partial charge in [-0.1, -0.05) is 0 Å². The van der Waals surface area contributed by atoms with Crippen molar-refractivity contribution in [3.8, 4) is 0 Å². The van der Waals surface area contributed by atoms with Crippen LogP contribution in [0.15, 0.2) is 15.8 Å². The van der Waals surface area contributed by atoms with Crippen molar-refractivity contribution in [3.05, 3.63) is 42.8 Å². The third-order valence-electron chi connectivity index (χ3n) is 3.59. The number of likely N-dealkylation sites (tertiary alicyclic amines) is 1. The highest BCUT2D eigenvalue weighted by molar-refractivity contribution is 5.55. The molecule has 1 aliphatic heterocycles. The molecule has 1 N–H and O–H groups in total. The molecule has 8 heteroatoms.